The SMILES string of the molecule is CCc1nc(CC)n(-c2ccc([C@H](C)N)cn2)n1. The van der Waals surface area contributed by atoms with Crippen molar-refractivity contribution >= 4 is 0 Å². The molecule has 0 radical (unpaired) electrons. The van der Waals surface area contributed by atoms with E-state index in [4.69, 9.17) is 5.73 Å². The van der Waals surface area contributed by atoms with E-state index in [0.717, 1.165) is 35.9 Å². The summed E-state index contributed by atoms with van der Waals surface area (Å²) in [6, 6.07) is 3.92. The lowest BCUT2D eigenvalue weighted by molar-refractivity contribution is 0.759. The third kappa shape index (κ3) is 2.41. The molecule has 2 N–H and O–H groups in total. The van der Waals surface area contributed by atoms with E-state index in [1.54, 1.807) is 6.20 Å². The molecule has 1 atom stereocenters. The van der Waals surface area contributed by atoms with E-state index < -0.39 is 0 Å². The molecule has 18 heavy (non-hydrogen) atoms. The van der Waals surface area contributed by atoms with Crippen molar-refractivity contribution in [2.45, 2.75) is 39.7 Å². The summed E-state index contributed by atoms with van der Waals surface area (Å²) in [7, 11) is 0. The zero-order chi connectivity index (χ0) is 13.1. The molecule has 2 rings (SSSR count). The molecule has 0 aromatic carbocycles. The second-order valence-electron chi connectivity index (χ2n) is 4.30. The summed E-state index contributed by atoms with van der Waals surface area (Å²) in [4.78, 5) is 8.88. The summed E-state index contributed by atoms with van der Waals surface area (Å²) in [5.41, 5.74) is 6.83. The molecule has 2 heterocycles. The van der Waals surface area contributed by atoms with Crippen molar-refractivity contribution in [3.63, 3.8) is 0 Å². The van der Waals surface area contributed by atoms with Gasteiger partial charge in [0, 0.05) is 25.1 Å². The second-order valence-corrected chi connectivity index (χ2v) is 4.30. The van der Waals surface area contributed by atoms with E-state index in [9.17, 15) is 0 Å². The number of hydrogen-bond donors (Lipinski definition) is 1. The molecule has 0 saturated carbocycles. The Bertz CT molecular complexity index is 513. The van der Waals surface area contributed by atoms with Gasteiger partial charge in [-0.15, -0.1) is 5.10 Å². The van der Waals surface area contributed by atoms with Gasteiger partial charge in [-0.25, -0.2) is 9.97 Å². The lowest BCUT2D eigenvalue weighted by Gasteiger charge is -2.07. The number of nitrogens with two attached hydrogens (primary N) is 1. The Morgan fingerprint density at radius 3 is 2.56 bits per heavy atom. The number of pyridine rings is 1. The van der Waals surface area contributed by atoms with Crippen LogP contribution in [0.3, 0.4) is 0 Å². The molecule has 5 heteroatoms. The van der Waals surface area contributed by atoms with Crippen LogP contribution in [0.5, 0.6) is 0 Å². The van der Waals surface area contributed by atoms with Gasteiger partial charge in [0.25, 0.3) is 0 Å². The van der Waals surface area contributed by atoms with Crippen molar-refractivity contribution in [1.29, 1.82) is 0 Å². The molecular formula is C13H19N5. The summed E-state index contributed by atoms with van der Waals surface area (Å²) in [6.07, 6.45) is 3.47. The molecule has 5 nitrogen and oxygen atoms in total. The maximum absolute atomic E-state index is 5.81. The van der Waals surface area contributed by atoms with Gasteiger partial charge in [-0.3, -0.25) is 0 Å². The molecule has 2 aromatic rings. The fourth-order valence-electron chi connectivity index (χ4n) is 1.75. The van der Waals surface area contributed by atoms with E-state index in [0.29, 0.717) is 0 Å². The summed E-state index contributed by atoms with van der Waals surface area (Å²) >= 11 is 0. The monoisotopic (exact) mass is 245 g/mol. The van der Waals surface area contributed by atoms with Gasteiger partial charge in [0.15, 0.2) is 11.6 Å². The van der Waals surface area contributed by atoms with Gasteiger partial charge in [-0.05, 0) is 18.6 Å². The number of aryl methyl sites for hydroxylation is 2. The van der Waals surface area contributed by atoms with Gasteiger partial charge in [0.1, 0.15) is 5.82 Å². The predicted molar refractivity (Wildman–Crippen MR) is 70.5 cm³/mol. The van der Waals surface area contributed by atoms with Crippen LogP contribution in [-0.4, -0.2) is 19.7 Å². The summed E-state index contributed by atoms with van der Waals surface area (Å²) in [6.45, 7) is 6.06. The van der Waals surface area contributed by atoms with Crippen LogP contribution < -0.4 is 5.73 Å². The normalized spacial score (nSPS) is 12.7. The molecule has 0 saturated heterocycles. The Kier molecular flexibility index (Phi) is 3.72. The lowest BCUT2D eigenvalue weighted by Crippen LogP contribution is -2.08. The highest BCUT2D eigenvalue weighted by Gasteiger charge is 2.10. The number of nitrogens with zero attached hydrogens (tertiary/aromatic N) is 4. The first-order valence-electron chi connectivity index (χ1n) is 6.32. The molecular weight excluding hydrogens is 226 g/mol. The van der Waals surface area contributed by atoms with Crippen LogP contribution in [0, 0.1) is 0 Å². The Hall–Kier alpha value is -1.75. The van der Waals surface area contributed by atoms with Crippen LogP contribution in [0.2, 0.25) is 0 Å². The van der Waals surface area contributed by atoms with Gasteiger partial charge in [0.2, 0.25) is 0 Å². The maximum Gasteiger partial charge on any atom is 0.155 e. The zero-order valence-corrected chi connectivity index (χ0v) is 11.1. The third-order valence-corrected chi connectivity index (χ3v) is 2.86. The standard InChI is InChI=1S/C13H19N5/c1-4-11-16-12(5-2)18(17-11)13-7-6-10(8-15-13)9(3)14/h6-9H,4-5,14H2,1-3H3/t9-/m0/s1. The van der Waals surface area contributed by atoms with Crippen molar-refractivity contribution in [3.05, 3.63) is 35.5 Å². The smallest absolute Gasteiger partial charge is 0.155 e. The van der Waals surface area contributed by atoms with E-state index in [-0.39, 0.29) is 6.04 Å². The van der Waals surface area contributed by atoms with E-state index >= 15 is 0 Å². The first kappa shape index (κ1) is 12.7. The van der Waals surface area contributed by atoms with Crippen LogP contribution in [0.15, 0.2) is 18.3 Å². The Morgan fingerprint density at radius 2 is 2.06 bits per heavy atom. The molecule has 0 bridgehead atoms. The molecule has 0 amide bonds. The van der Waals surface area contributed by atoms with Crippen LogP contribution in [0.25, 0.3) is 5.82 Å². The number of hydrogen-bond acceptors (Lipinski definition) is 4. The quantitative estimate of drug-likeness (QED) is 0.891. The molecule has 0 aliphatic carbocycles. The van der Waals surface area contributed by atoms with E-state index in [1.807, 2.05) is 30.7 Å². The van der Waals surface area contributed by atoms with Gasteiger partial charge < -0.3 is 5.73 Å². The highest BCUT2D eigenvalue weighted by Crippen LogP contribution is 2.12. The van der Waals surface area contributed by atoms with Crippen molar-refractivity contribution in [2.24, 2.45) is 5.73 Å². The first-order chi connectivity index (χ1) is 8.65. The van der Waals surface area contributed by atoms with Gasteiger partial charge in [-0.2, -0.15) is 4.68 Å². The van der Waals surface area contributed by atoms with Crippen LogP contribution in [0.1, 0.15) is 44.0 Å². The minimum absolute atomic E-state index is 0.000792. The summed E-state index contributed by atoms with van der Waals surface area (Å²) < 4.78 is 1.81. The first-order valence-corrected chi connectivity index (χ1v) is 6.32. The van der Waals surface area contributed by atoms with Crippen LogP contribution >= 0.6 is 0 Å². The molecule has 0 aliphatic rings. The van der Waals surface area contributed by atoms with Crippen molar-refractivity contribution in [3.8, 4) is 5.82 Å². The Morgan fingerprint density at radius 1 is 1.28 bits per heavy atom. The van der Waals surface area contributed by atoms with E-state index in [1.165, 1.54) is 0 Å². The number of aromatic nitrogens is 4. The molecule has 0 unspecified atom stereocenters. The van der Waals surface area contributed by atoms with Gasteiger partial charge in [-0.1, -0.05) is 19.9 Å². The third-order valence-electron chi connectivity index (χ3n) is 2.86. The summed E-state index contributed by atoms with van der Waals surface area (Å²) in [5, 5.41) is 4.46. The van der Waals surface area contributed by atoms with Crippen molar-refractivity contribution < 1.29 is 0 Å². The molecule has 96 valence electrons. The fourth-order valence-corrected chi connectivity index (χ4v) is 1.75. The molecule has 2 aromatic heterocycles. The lowest BCUT2D eigenvalue weighted by atomic mass is 10.1. The average Bonchev–Trinajstić information content (AvgIpc) is 2.82. The van der Waals surface area contributed by atoms with Crippen molar-refractivity contribution in [2.75, 3.05) is 0 Å². The largest absolute Gasteiger partial charge is 0.324 e. The highest BCUT2D eigenvalue weighted by atomic mass is 15.4. The summed E-state index contributed by atoms with van der Waals surface area (Å²) in [5.74, 6) is 2.58. The molecule has 0 aliphatic heterocycles. The van der Waals surface area contributed by atoms with Crippen LogP contribution in [0.4, 0.5) is 0 Å². The van der Waals surface area contributed by atoms with E-state index in [2.05, 4.69) is 22.0 Å². The van der Waals surface area contributed by atoms with Crippen molar-refractivity contribution in [1.82, 2.24) is 19.7 Å². The maximum atomic E-state index is 5.81. The average molecular weight is 245 g/mol. The predicted octanol–water partition coefficient (Wildman–Crippen LogP) is 1.81. The zero-order valence-electron chi connectivity index (χ0n) is 11.1. The van der Waals surface area contributed by atoms with Gasteiger partial charge >= 0.3 is 0 Å². The second kappa shape index (κ2) is 5.27. The Balaban J connectivity index is 2.38. The Labute approximate surface area is 107 Å². The minimum Gasteiger partial charge on any atom is -0.324 e. The fraction of sp³-hybridized carbons (Fsp3) is 0.462. The molecule has 0 fully saturated rings. The highest BCUT2D eigenvalue weighted by molar-refractivity contribution is 5.27. The van der Waals surface area contributed by atoms with Crippen LogP contribution in [-0.2, 0) is 12.8 Å². The molecule has 0 spiro atoms. The van der Waals surface area contributed by atoms with Gasteiger partial charge in [0.05, 0.1) is 0 Å². The minimum atomic E-state index is -0.000792. The number of rotatable bonds is 4. The topological polar surface area (TPSA) is 69.6 Å².